The standard InChI is InChI=1S/C9H9BrN4S/c10-7-2-4-15-9(7)8(14-11)6-1-3-12-13-5-6/h1-5,8,14H,11H2. The van der Waals surface area contributed by atoms with E-state index in [9.17, 15) is 0 Å². The van der Waals surface area contributed by atoms with Gasteiger partial charge in [0.05, 0.1) is 12.2 Å². The average molecular weight is 285 g/mol. The van der Waals surface area contributed by atoms with Gasteiger partial charge >= 0.3 is 0 Å². The van der Waals surface area contributed by atoms with E-state index in [1.807, 2.05) is 17.5 Å². The van der Waals surface area contributed by atoms with Crippen LogP contribution < -0.4 is 11.3 Å². The van der Waals surface area contributed by atoms with Crippen molar-refractivity contribution in [2.75, 3.05) is 0 Å². The van der Waals surface area contributed by atoms with Crippen LogP contribution in [0.15, 0.2) is 34.4 Å². The molecule has 0 aliphatic carbocycles. The molecule has 0 saturated carbocycles. The molecule has 4 nitrogen and oxygen atoms in total. The molecule has 15 heavy (non-hydrogen) atoms. The second kappa shape index (κ2) is 4.80. The maximum atomic E-state index is 5.55. The van der Waals surface area contributed by atoms with Crippen molar-refractivity contribution in [2.24, 2.45) is 5.84 Å². The lowest BCUT2D eigenvalue weighted by atomic mass is 10.1. The van der Waals surface area contributed by atoms with E-state index in [2.05, 4.69) is 31.6 Å². The molecule has 2 aromatic rings. The normalized spacial score (nSPS) is 12.7. The quantitative estimate of drug-likeness (QED) is 0.667. The number of hydrogen-bond acceptors (Lipinski definition) is 5. The van der Waals surface area contributed by atoms with Gasteiger partial charge in [-0.25, -0.2) is 5.43 Å². The Bertz CT molecular complexity index is 431. The van der Waals surface area contributed by atoms with Crippen LogP contribution in [0.5, 0.6) is 0 Å². The molecule has 6 heteroatoms. The first-order chi connectivity index (χ1) is 7.33. The Morgan fingerprint density at radius 1 is 1.40 bits per heavy atom. The molecule has 0 spiro atoms. The van der Waals surface area contributed by atoms with Crippen LogP contribution in [0.25, 0.3) is 0 Å². The SMILES string of the molecule is NNC(c1ccnnc1)c1sccc1Br. The van der Waals surface area contributed by atoms with Crippen molar-refractivity contribution >= 4 is 27.3 Å². The molecule has 1 atom stereocenters. The molecule has 0 radical (unpaired) electrons. The Morgan fingerprint density at radius 3 is 2.80 bits per heavy atom. The highest BCUT2D eigenvalue weighted by Crippen LogP contribution is 2.32. The molecule has 0 bridgehead atoms. The van der Waals surface area contributed by atoms with Gasteiger partial charge in [0, 0.05) is 15.5 Å². The number of nitrogens with two attached hydrogens (primary N) is 1. The number of hydrogen-bond donors (Lipinski definition) is 2. The minimum Gasteiger partial charge on any atom is -0.271 e. The van der Waals surface area contributed by atoms with Crippen LogP contribution in [0, 0.1) is 0 Å². The van der Waals surface area contributed by atoms with Crippen molar-refractivity contribution in [1.29, 1.82) is 0 Å². The summed E-state index contributed by atoms with van der Waals surface area (Å²) in [5.74, 6) is 5.55. The molecule has 3 N–H and O–H groups in total. The van der Waals surface area contributed by atoms with Crippen molar-refractivity contribution in [2.45, 2.75) is 6.04 Å². The zero-order valence-electron chi connectivity index (χ0n) is 7.72. The van der Waals surface area contributed by atoms with Gasteiger partial charge in [-0.1, -0.05) is 0 Å². The van der Waals surface area contributed by atoms with Gasteiger partial charge in [-0.05, 0) is 39.0 Å². The zero-order chi connectivity index (χ0) is 10.7. The maximum absolute atomic E-state index is 5.55. The van der Waals surface area contributed by atoms with Crippen LogP contribution in [0.4, 0.5) is 0 Å². The molecule has 2 rings (SSSR count). The molecule has 1 unspecified atom stereocenters. The number of nitrogens with one attached hydrogen (secondary N) is 1. The van der Waals surface area contributed by atoms with Gasteiger partial charge in [-0.2, -0.15) is 10.2 Å². The molecule has 0 fully saturated rings. The monoisotopic (exact) mass is 284 g/mol. The zero-order valence-corrected chi connectivity index (χ0v) is 10.1. The van der Waals surface area contributed by atoms with Crippen LogP contribution in [0.2, 0.25) is 0 Å². The Morgan fingerprint density at radius 2 is 2.27 bits per heavy atom. The second-order valence-corrected chi connectivity index (χ2v) is 4.71. The average Bonchev–Trinajstić information content (AvgIpc) is 2.68. The van der Waals surface area contributed by atoms with E-state index in [0.29, 0.717) is 0 Å². The second-order valence-electron chi connectivity index (χ2n) is 2.91. The number of aromatic nitrogens is 2. The molecule has 0 amide bonds. The Labute approximate surface area is 99.6 Å². The van der Waals surface area contributed by atoms with Gasteiger partial charge in [0.15, 0.2) is 0 Å². The third-order valence-corrected chi connectivity index (χ3v) is 3.95. The van der Waals surface area contributed by atoms with Crippen molar-refractivity contribution < 1.29 is 0 Å². The molecule has 0 saturated heterocycles. The van der Waals surface area contributed by atoms with E-state index in [-0.39, 0.29) is 6.04 Å². The molecule has 0 aliphatic rings. The first-order valence-corrected chi connectivity index (χ1v) is 5.96. The molecular formula is C9H9BrN4S. The molecule has 0 aromatic carbocycles. The van der Waals surface area contributed by atoms with Gasteiger partial charge in [0.25, 0.3) is 0 Å². The summed E-state index contributed by atoms with van der Waals surface area (Å²) in [7, 11) is 0. The fourth-order valence-electron chi connectivity index (χ4n) is 1.31. The summed E-state index contributed by atoms with van der Waals surface area (Å²) < 4.78 is 1.05. The third kappa shape index (κ3) is 2.23. The predicted octanol–water partition coefficient (Wildman–Crippen LogP) is 1.85. The Hall–Kier alpha value is -0.820. The highest BCUT2D eigenvalue weighted by atomic mass is 79.9. The number of nitrogens with zero attached hydrogens (tertiary/aromatic N) is 2. The fourth-order valence-corrected chi connectivity index (χ4v) is 2.99. The molecule has 0 aliphatic heterocycles. The Balaban J connectivity index is 2.37. The highest BCUT2D eigenvalue weighted by Gasteiger charge is 2.16. The molecule has 78 valence electrons. The summed E-state index contributed by atoms with van der Waals surface area (Å²) in [4.78, 5) is 1.13. The van der Waals surface area contributed by atoms with Crippen LogP contribution >= 0.6 is 27.3 Å². The van der Waals surface area contributed by atoms with Crippen LogP contribution in [-0.4, -0.2) is 10.2 Å². The van der Waals surface area contributed by atoms with Gasteiger partial charge in [0.1, 0.15) is 0 Å². The predicted molar refractivity (Wildman–Crippen MR) is 63.2 cm³/mol. The topological polar surface area (TPSA) is 63.8 Å². The first-order valence-electron chi connectivity index (χ1n) is 4.28. The Kier molecular flexibility index (Phi) is 3.42. The maximum Gasteiger partial charge on any atom is 0.0829 e. The number of thiophene rings is 1. The lowest BCUT2D eigenvalue weighted by molar-refractivity contribution is 0.640. The smallest absolute Gasteiger partial charge is 0.0829 e. The minimum absolute atomic E-state index is 0.0464. The largest absolute Gasteiger partial charge is 0.271 e. The summed E-state index contributed by atoms with van der Waals surface area (Å²) in [5.41, 5.74) is 3.77. The summed E-state index contributed by atoms with van der Waals surface area (Å²) >= 11 is 5.12. The molecule has 2 heterocycles. The van der Waals surface area contributed by atoms with Gasteiger partial charge in [-0.15, -0.1) is 11.3 Å². The van der Waals surface area contributed by atoms with E-state index in [1.54, 1.807) is 23.7 Å². The van der Waals surface area contributed by atoms with E-state index in [4.69, 9.17) is 5.84 Å². The summed E-state index contributed by atoms with van der Waals surface area (Å²) in [5, 5.41) is 9.59. The lowest BCUT2D eigenvalue weighted by Crippen LogP contribution is -2.28. The number of rotatable bonds is 3. The fraction of sp³-hybridized carbons (Fsp3) is 0.111. The summed E-state index contributed by atoms with van der Waals surface area (Å²) in [6.45, 7) is 0. The van der Waals surface area contributed by atoms with Gasteiger partial charge in [0.2, 0.25) is 0 Å². The van der Waals surface area contributed by atoms with Gasteiger partial charge in [-0.3, -0.25) is 5.84 Å². The highest BCUT2D eigenvalue weighted by molar-refractivity contribution is 9.10. The van der Waals surface area contributed by atoms with Crippen molar-refractivity contribution in [3.63, 3.8) is 0 Å². The van der Waals surface area contributed by atoms with E-state index in [0.717, 1.165) is 14.9 Å². The summed E-state index contributed by atoms with van der Waals surface area (Å²) in [6.07, 6.45) is 3.36. The van der Waals surface area contributed by atoms with E-state index in [1.165, 1.54) is 0 Å². The van der Waals surface area contributed by atoms with Crippen molar-refractivity contribution in [3.8, 4) is 0 Å². The van der Waals surface area contributed by atoms with Crippen molar-refractivity contribution in [1.82, 2.24) is 15.6 Å². The van der Waals surface area contributed by atoms with Crippen LogP contribution in [0.3, 0.4) is 0 Å². The van der Waals surface area contributed by atoms with Crippen LogP contribution in [0.1, 0.15) is 16.5 Å². The van der Waals surface area contributed by atoms with Crippen molar-refractivity contribution in [3.05, 3.63) is 44.8 Å². The first kappa shape index (κ1) is 10.7. The van der Waals surface area contributed by atoms with E-state index < -0.39 is 0 Å². The minimum atomic E-state index is -0.0464. The third-order valence-electron chi connectivity index (χ3n) is 2.01. The summed E-state index contributed by atoms with van der Waals surface area (Å²) in [6, 6.07) is 3.85. The van der Waals surface area contributed by atoms with Crippen LogP contribution in [-0.2, 0) is 0 Å². The molecular weight excluding hydrogens is 276 g/mol. The lowest BCUT2D eigenvalue weighted by Gasteiger charge is -2.14. The number of halogens is 1. The number of hydrazine groups is 1. The molecule has 2 aromatic heterocycles. The van der Waals surface area contributed by atoms with E-state index >= 15 is 0 Å². The van der Waals surface area contributed by atoms with Gasteiger partial charge < -0.3 is 0 Å².